The summed E-state index contributed by atoms with van der Waals surface area (Å²) in [4.78, 5) is 17.3. The smallest absolute Gasteiger partial charge is 0.252 e. The van der Waals surface area contributed by atoms with E-state index in [2.05, 4.69) is 21.2 Å². The maximum atomic E-state index is 13.1. The number of anilines is 1. The van der Waals surface area contributed by atoms with E-state index in [1.807, 2.05) is 30.3 Å². The molecular formula is C23H28Cl2FN3O. The van der Waals surface area contributed by atoms with Gasteiger partial charge in [0.25, 0.3) is 5.91 Å². The molecule has 2 aliphatic heterocycles. The minimum Gasteiger partial charge on any atom is -0.369 e. The first-order chi connectivity index (χ1) is 13.6. The summed E-state index contributed by atoms with van der Waals surface area (Å²) in [5, 5.41) is 3.29. The van der Waals surface area contributed by atoms with Crippen molar-refractivity contribution in [3.8, 4) is 0 Å². The van der Waals surface area contributed by atoms with E-state index < -0.39 is 0 Å². The number of carbonyl (C=O) groups excluding carboxylic acids is 1. The molecule has 1 N–H and O–H groups in total. The van der Waals surface area contributed by atoms with Crippen LogP contribution in [0.3, 0.4) is 0 Å². The van der Waals surface area contributed by atoms with Crippen molar-refractivity contribution in [2.75, 3.05) is 31.1 Å². The Morgan fingerprint density at radius 1 is 0.900 bits per heavy atom. The lowest BCUT2D eigenvalue weighted by Gasteiger charge is -2.45. The molecule has 1 aliphatic carbocycles. The number of hydrogen-bond donors (Lipinski definition) is 1. The molecule has 1 spiro atoms. The molecule has 1 amide bonds. The normalized spacial score (nSPS) is 25.8. The van der Waals surface area contributed by atoms with Crippen LogP contribution in [0.2, 0.25) is 0 Å². The van der Waals surface area contributed by atoms with Crippen LogP contribution >= 0.6 is 24.8 Å². The summed E-state index contributed by atoms with van der Waals surface area (Å²) in [6.45, 7) is 4.04. The van der Waals surface area contributed by atoms with Gasteiger partial charge in [-0.05, 0) is 61.6 Å². The summed E-state index contributed by atoms with van der Waals surface area (Å²) < 4.78 is 13.1. The van der Waals surface area contributed by atoms with E-state index in [1.54, 1.807) is 0 Å². The summed E-state index contributed by atoms with van der Waals surface area (Å²) in [7, 11) is 0. The monoisotopic (exact) mass is 451 g/mol. The maximum Gasteiger partial charge on any atom is 0.252 e. The predicted octanol–water partition coefficient (Wildman–Crippen LogP) is 4.37. The largest absolute Gasteiger partial charge is 0.369 e. The quantitative estimate of drug-likeness (QED) is 0.735. The molecule has 0 bridgehead atoms. The zero-order valence-electron chi connectivity index (χ0n) is 16.9. The van der Waals surface area contributed by atoms with Gasteiger partial charge in [0.15, 0.2) is 0 Å². The minimum atomic E-state index is -0.181. The highest BCUT2D eigenvalue weighted by atomic mass is 35.5. The highest BCUT2D eigenvalue weighted by Gasteiger charge is 2.45. The lowest BCUT2D eigenvalue weighted by molar-refractivity contribution is 0.0828. The highest BCUT2D eigenvalue weighted by Crippen LogP contribution is 2.43. The van der Waals surface area contributed by atoms with Crippen LogP contribution in [0, 0.1) is 5.82 Å². The predicted molar refractivity (Wildman–Crippen MR) is 123 cm³/mol. The number of amides is 1. The SMILES string of the molecule is Cl.Cl.O=C1NC2(CCC(N3CCN(c4ccc(F)cc4)CC3)CC2)c2ccccc21. The van der Waals surface area contributed by atoms with E-state index in [9.17, 15) is 9.18 Å². The van der Waals surface area contributed by atoms with Gasteiger partial charge in [-0.15, -0.1) is 24.8 Å². The van der Waals surface area contributed by atoms with Crippen molar-refractivity contribution < 1.29 is 9.18 Å². The molecule has 2 aromatic rings. The number of nitrogens with one attached hydrogen (secondary N) is 1. The molecule has 3 aliphatic rings. The van der Waals surface area contributed by atoms with Crippen LogP contribution in [0.1, 0.15) is 41.6 Å². The fourth-order valence-electron chi connectivity index (χ4n) is 5.30. The molecule has 4 nitrogen and oxygen atoms in total. The summed E-state index contributed by atoms with van der Waals surface area (Å²) >= 11 is 0. The first kappa shape index (κ1) is 22.9. The Kier molecular flexibility index (Phi) is 6.95. The third-order valence-electron chi connectivity index (χ3n) is 6.87. The van der Waals surface area contributed by atoms with Crippen molar-refractivity contribution in [1.29, 1.82) is 0 Å². The average molecular weight is 452 g/mol. The molecule has 0 aromatic heterocycles. The Hall–Kier alpha value is -1.82. The van der Waals surface area contributed by atoms with E-state index >= 15 is 0 Å². The average Bonchev–Trinajstić information content (AvgIpc) is 3.01. The zero-order chi connectivity index (χ0) is 19.1. The van der Waals surface area contributed by atoms with Gasteiger partial charge in [0.2, 0.25) is 0 Å². The van der Waals surface area contributed by atoms with Crippen LogP contribution in [0.15, 0.2) is 48.5 Å². The van der Waals surface area contributed by atoms with Crippen molar-refractivity contribution in [1.82, 2.24) is 10.2 Å². The molecule has 162 valence electrons. The third-order valence-corrected chi connectivity index (χ3v) is 6.87. The van der Waals surface area contributed by atoms with Crippen molar-refractivity contribution >= 4 is 36.4 Å². The first-order valence-corrected chi connectivity index (χ1v) is 10.3. The van der Waals surface area contributed by atoms with Gasteiger partial charge in [0, 0.05) is 43.5 Å². The van der Waals surface area contributed by atoms with Crippen LogP contribution < -0.4 is 10.2 Å². The van der Waals surface area contributed by atoms with Crippen LogP contribution in [-0.4, -0.2) is 43.0 Å². The highest BCUT2D eigenvalue weighted by molar-refractivity contribution is 6.00. The Morgan fingerprint density at radius 3 is 2.20 bits per heavy atom. The van der Waals surface area contributed by atoms with Gasteiger partial charge >= 0.3 is 0 Å². The van der Waals surface area contributed by atoms with Crippen molar-refractivity contribution in [3.05, 3.63) is 65.5 Å². The second-order valence-electron chi connectivity index (χ2n) is 8.31. The van der Waals surface area contributed by atoms with Gasteiger partial charge < -0.3 is 10.2 Å². The van der Waals surface area contributed by atoms with E-state index in [0.29, 0.717) is 6.04 Å². The van der Waals surface area contributed by atoms with E-state index in [4.69, 9.17) is 0 Å². The molecule has 1 saturated carbocycles. The summed E-state index contributed by atoms with van der Waals surface area (Å²) in [6, 6.07) is 15.5. The number of nitrogens with zero attached hydrogens (tertiary/aromatic N) is 2. The summed E-state index contributed by atoms with van der Waals surface area (Å²) in [6.07, 6.45) is 4.26. The Bertz CT molecular complexity index is 876. The van der Waals surface area contributed by atoms with E-state index in [1.165, 1.54) is 17.7 Å². The van der Waals surface area contributed by atoms with Crippen molar-refractivity contribution in [2.24, 2.45) is 0 Å². The zero-order valence-corrected chi connectivity index (χ0v) is 18.5. The fourth-order valence-corrected chi connectivity index (χ4v) is 5.30. The molecule has 5 rings (SSSR count). The molecule has 7 heteroatoms. The van der Waals surface area contributed by atoms with Gasteiger partial charge in [0.05, 0.1) is 5.54 Å². The van der Waals surface area contributed by atoms with Crippen LogP contribution in [-0.2, 0) is 5.54 Å². The molecule has 2 heterocycles. The van der Waals surface area contributed by atoms with Gasteiger partial charge in [-0.25, -0.2) is 4.39 Å². The summed E-state index contributed by atoms with van der Waals surface area (Å²) in [5.74, 6) is -0.0962. The van der Waals surface area contributed by atoms with Gasteiger partial charge in [-0.1, -0.05) is 18.2 Å². The first-order valence-electron chi connectivity index (χ1n) is 10.3. The Morgan fingerprint density at radius 2 is 1.53 bits per heavy atom. The Labute approximate surface area is 189 Å². The lowest BCUT2D eigenvalue weighted by atomic mass is 9.75. The molecule has 0 atom stereocenters. The van der Waals surface area contributed by atoms with Gasteiger partial charge in [-0.2, -0.15) is 0 Å². The van der Waals surface area contributed by atoms with Gasteiger partial charge in [-0.3, -0.25) is 9.69 Å². The number of piperazine rings is 1. The maximum absolute atomic E-state index is 13.1. The third kappa shape index (κ3) is 4.03. The minimum absolute atomic E-state index is 0. The van der Waals surface area contributed by atoms with Gasteiger partial charge in [0.1, 0.15) is 5.82 Å². The molecule has 0 radical (unpaired) electrons. The van der Waals surface area contributed by atoms with E-state index in [0.717, 1.165) is 63.1 Å². The lowest BCUT2D eigenvalue weighted by Crippen LogP contribution is -2.53. The topological polar surface area (TPSA) is 35.6 Å². The number of carbonyl (C=O) groups is 1. The molecular weight excluding hydrogens is 424 g/mol. The number of halogens is 3. The molecule has 30 heavy (non-hydrogen) atoms. The molecule has 2 aromatic carbocycles. The molecule has 0 unspecified atom stereocenters. The second kappa shape index (κ2) is 9.13. The molecule has 1 saturated heterocycles. The van der Waals surface area contributed by atoms with E-state index in [-0.39, 0.29) is 42.1 Å². The van der Waals surface area contributed by atoms with Crippen LogP contribution in [0.5, 0.6) is 0 Å². The number of fused-ring (bicyclic) bond motifs is 2. The standard InChI is InChI=1S/C23H26FN3O.2ClH/c24-17-5-7-18(8-6-17)26-13-15-27(16-14-26)19-9-11-23(12-10-19)21-4-2-1-3-20(21)22(28)25-23;;/h1-8,19H,9-16H2,(H,25,28);2*1H. The van der Waals surface area contributed by atoms with Crippen molar-refractivity contribution in [2.45, 2.75) is 37.3 Å². The second-order valence-corrected chi connectivity index (χ2v) is 8.31. The summed E-state index contributed by atoms with van der Waals surface area (Å²) in [5.41, 5.74) is 3.00. The van der Waals surface area contributed by atoms with Crippen LogP contribution in [0.4, 0.5) is 10.1 Å². The molecule has 2 fully saturated rings. The number of hydrogen-bond acceptors (Lipinski definition) is 3. The number of rotatable bonds is 2. The van der Waals surface area contributed by atoms with Crippen molar-refractivity contribution in [3.63, 3.8) is 0 Å². The Balaban J connectivity index is 0.00000128. The fraction of sp³-hybridized carbons (Fsp3) is 0.435. The van der Waals surface area contributed by atoms with Crippen LogP contribution in [0.25, 0.3) is 0 Å². The number of benzene rings is 2.